The van der Waals surface area contributed by atoms with E-state index in [4.69, 9.17) is 5.73 Å². The molecule has 1 aromatic heterocycles. The van der Waals surface area contributed by atoms with Gasteiger partial charge in [0.1, 0.15) is 0 Å². The van der Waals surface area contributed by atoms with Gasteiger partial charge < -0.3 is 10.8 Å². The van der Waals surface area contributed by atoms with Crippen LogP contribution in [0.3, 0.4) is 0 Å². The number of aliphatic hydroxyl groups is 1. The zero-order valence-corrected chi connectivity index (χ0v) is 9.82. The summed E-state index contributed by atoms with van der Waals surface area (Å²) < 4.78 is 1.94. The zero-order valence-electron chi connectivity index (χ0n) is 9.82. The molecule has 90 valence electrons. The first-order chi connectivity index (χ1) is 7.74. The molecule has 1 aliphatic rings. The van der Waals surface area contributed by atoms with Crippen LogP contribution in [0.2, 0.25) is 0 Å². The smallest absolute Gasteiger partial charge is 0.0994 e. The van der Waals surface area contributed by atoms with Crippen LogP contribution < -0.4 is 5.73 Å². The first kappa shape index (κ1) is 11.5. The van der Waals surface area contributed by atoms with Crippen molar-refractivity contribution in [3.63, 3.8) is 0 Å². The molecular formula is C11H20N4O. The lowest BCUT2D eigenvalue weighted by molar-refractivity contribution is 0.188. The van der Waals surface area contributed by atoms with Gasteiger partial charge in [0.2, 0.25) is 0 Å². The van der Waals surface area contributed by atoms with E-state index in [1.165, 1.54) is 0 Å². The Kier molecular flexibility index (Phi) is 3.25. The van der Waals surface area contributed by atoms with Crippen molar-refractivity contribution in [2.24, 2.45) is 11.1 Å². The molecule has 1 aromatic rings. The van der Waals surface area contributed by atoms with Crippen molar-refractivity contribution < 1.29 is 5.11 Å². The van der Waals surface area contributed by atoms with Crippen LogP contribution in [-0.2, 0) is 19.5 Å². The number of aromatic nitrogens is 3. The number of nitrogens with two attached hydrogens (primary N) is 1. The van der Waals surface area contributed by atoms with Gasteiger partial charge in [-0.05, 0) is 19.3 Å². The zero-order chi connectivity index (χ0) is 11.6. The van der Waals surface area contributed by atoms with Crippen LogP contribution in [0.15, 0.2) is 0 Å². The number of nitrogens with zero attached hydrogens (tertiary/aromatic N) is 3. The molecule has 3 N–H and O–H groups in total. The Morgan fingerprint density at radius 3 is 2.75 bits per heavy atom. The number of rotatable bonds is 6. The maximum absolute atomic E-state index is 9.32. The lowest BCUT2D eigenvalue weighted by Gasteiger charge is -2.13. The largest absolute Gasteiger partial charge is 0.396 e. The predicted octanol–water partition coefficient (Wildman–Crippen LogP) is 0.462. The van der Waals surface area contributed by atoms with E-state index in [1.807, 2.05) is 4.68 Å². The Labute approximate surface area is 95.6 Å². The minimum Gasteiger partial charge on any atom is -0.396 e. The Bertz CT molecular complexity index is 357. The Morgan fingerprint density at radius 1 is 1.50 bits per heavy atom. The third-order valence-electron chi connectivity index (χ3n) is 3.38. The number of aliphatic hydroxyl groups excluding tert-OH is 1. The van der Waals surface area contributed by atoms with Gasteiger partial charge in [0.05, 0.1) is 24.5 Å². The fourth-order valence-corrected chi connectivity index (χ4v) is 2.03. The summed E-state index contributed by atoms with van der Waals surface area (Å²) in [4.78, 5) is 0. The molecule has 0 aromatic carbocycles. The van der Waals surface area contributed by atoms with Gasteiger partial charge in [0, 0.05) is 12.0 Å². The second-order valence-corrected chi connectivity index (χ2v) is 4.75. The van der Waals surface area contributed by atoms with E-state index in [1.54, 1.807) is 0 Å². The molecule has 0 amide bonds. The van der Waals surface area contributed by atoms with Gasteiger partial charge in [-0.3, -0.25) is 0 Å². The molecule has 16 heavy (non-hydrogen) atoms. The number of hydrogen-bond donors (Lipinski definition) is 2. The highest BCUT2D eigenvalue weighted by Gasteiger charge is 2.43. The standard InChI is InChI=1S/C11H20N4O/c1-2-3-10-9(6-12)13-14-15(10)7-11(8-16)4-5-11/h16H,2-8,12H2,1H3. The van der Waals surface area contributed by atoms with E-state index >= 15 is 0 Å². The van der Waals surface area contributed by atoms with Crippen molar-refractivity contribution in [3.05, 3.63) is 11.4 Å². The van der Waals surface area contributed by atoms with Gasteiger partial charge in [-0.2, -0.15) is 0 Å². The minimum absolute atomic E-state index is 0.0715. The molecular weight excluding hydrogens is 204 g/mol. The number of hydrogen-bond acceptors (Lipinski definition) is 4. The van der Waals surface area contributed by atoms with Crippen molar-refractivity contribution in [1.82, 2.24) is 15.0 Å². The summed E-state index contributed by atoms with van der Waals surface area (Å²) in [7, 11) is 0. The highest BCUT2D eigenvalue weighted by atomic mass is 16.3. The van der Waals surface area contributed by atoms with E-state index in [2.05, 4.69) is 17.2 Å². The monoisotopic (exact) mass is 224 g/mol. The molecule has 2 rings (SSSR count). The third kappa shape index (κ3) is 2.10. The maximum atomic E-state index is 9.32. The van der Waals surface area contributed by atoms with Gasteiger partial charge in [0.15, 0.2) is 0 Å². The molecule has 1 heterocycles. The maximum Gasteiger partial charge on any atom is 0.0994 e. The first-order valence-electron chi connectivity index (χ1n) is 5.97. The third-order valence-corrected chi connectivity index (χ3v) is 3.38. The van der Waals surface area contributed by atoms with E-state index in [0.29, 0.717) is 6.54 Å². The van der Waals surface area contributed by atoms with Crippen LogP contribution in [0, 0.1) is 5.41 Å². The molecule has 0 atom stereocenters. The van der Waals surface area contributed by atoms with Gasteiger partial charge in [0.25, 0.3) is 0 Å². The molecule has 1 saturated carbocycles. The quantitative estimate of drug-likeness (QED) is 0.736. The average molecular weight is 224 g/mol. The second-order valence-electron chi connectivity index (χ2n) is 4.75. The van der Waals surface area contributed by atoms with E-state index in [9.17, 15) is 5.11 Å². The Hall–Kier alpha value is -0.940. The van der Waals surface area contributed by atoms with Crippen molar-refractivity contribution in [2.45, 2.75) is 45.7 Å². The topological polar surface area (TPSA) is 77.0 Å². The molecule has 0 radical (unpaired) electrons. The molecule has 5 nitrogen and oxygen atoms in total. The molecule has 1 aliphatic carbocycles. The fourth-order valence-electron chi connectivity index (χ4n) is 2.03. The summed E-state index contributed by atoms with van der Waals surface area (Å²) in [5.74, 6) is 0. The van der Waals surface area contributed by atoms with Crippen molar-refractivity contribution in [3.8, 4) is 0 Å². The fraction of sp³-hybridized carbons (Fsp3) is 0.818. The van der Waals surface area contributed by atoms with Crippen LogP contribution in [0.5, 0.6) is 0 Å². The van der Waals surface area contributed by atoms with Crippen LogP contribution >= 0.6 is 0 Å². The normalized spacial score (nSPS) is 17.7. The average Bonchev–Trinajstić information content (AvgIpc) is 2.98. The summed E-state index contributed by atoms with van der Waals surface area (Å²) in [5.41, 5.74) is 7.75. The van der Waals surface area contributed by atoms with Crippen molar-refractivity contribution in [1.29, 1.82) is 0 Å². The lowest BCUT2D eigenvalue weighted by Crippen LogP contribution is -2.19. The lowest BCUT2D eigenvalue weighted by atomic mass is 10.1. The molecule has 0 unspecified atom stereocenters. The minimum atomic E-state index is 0.0715. The summed E-state index contributed by atoms with van der Waals surface area (Å²) in [5, 5.41) is 17.6. The van der Waals surface area contributed by atoms with Gasteiger partial charge >= 0.3 is 0 Å². The van der Waals surface area contributed by atoms with Gasteiger partial charge in [-0.1, -0.05) is 18.6 Å². The highest BCUT2D eigenvalue weighted by Crippen LogP contribution is 2.46. The molecule has 1 fully saturated rings. The van der Waals surface area contributed by atoms with E-state index in [-0.39, 0.29) is 12.0 Å². The van der Waals surface area contributed by atoms with Crippen LogP contribution in [0.25, 0.3) is 0 Å². The Morgan fingerprint density at radius 2 is 2.25 bits per heavy atom. The molecule has 0 saturated heterocycles. The molecule has 5 heteroatoms. The second kappa shape index (κ2) is 4.51. The Balaban J connectivity index is 2.16. The predicted molar refractivity (Wildman–Crippen MR) is 60.7 cm³/mol. The van der Waals surface area contributed by atoms with Crippen molar-refractivity contribution >= 4 is 0 Å². The summed E-state index contributed by atoms with van der Waals surface area (Å²) in [6.45, 7) is 3.61. The van der Waals surface area contributed by atoms with Gasteiger partial charge in [-0.25, -0.2) is 4.68 Å². The molecule has 0 spiro atoms. The molecule has 0 bridgehead atoms. The summed E-state index contributed by atoms with van der Waals surface area (Å²) in [6, 6.07) is 0. The van der Waals surface area contributed by atoms with Crippen molar-refractivity contribution in [2.75, 3.05) is 6.61 Å². The summed E-state index contributed by atoms with van der Waals surface area (Å²) in [6.07, 6.45) is 4.20. The molecule has 0 aliphatic heterocycles. The summed E-state index contributed by atoms with van der Waals surface area (Å²) >= 11 is 0. The SMILES string of the molecule is CCCc1c(CN)nnn1CC1(CO)CC1. The highest BCUT2D eigenvalue weighted by molar-refractivity contribution is 5.11. The van der Waals surface area contributed by atoms with E-state index < -0.39 is 0 Å². The first-order valence-corrected chi connectivity index (χ1v) is 5.97. The van der Waals surface area contributed by atoms with Crippen LogP contribution in [0.1, 0.15) is 37.6 Å². The van der Waals surface area contributed by atoms with Gasteiger partial charge in [-0.15, -0.1) is 5.10 Å². The van der Waals surface area contributed by atoms with Crippen LogP contribution in [-0.4, -0.2) is 26.7 Å². The van der Waals surface area contributed by atoms with Crippen LogP contribution in [0.4, 0.5) is 0 Å². The van der Waals surface area contributed by atoms with E-state index in [0.717, 1.165) is 43.6 Å².